The topological polar surface area (TPSA) is 214 Å². The molecule has 342 valence electrons. The van der Waals surface area contributed by atoms with Crippen molar-refractivity contribution in [1.82, 2.24) is 5.32 Å². The molecule has 0 aromatic heterocycles. The Morgan fingerprint density at radius 2 is 0.596 bits per heavy atom. The third-order valence-electron chi connectivity index (χ3n) is 6.56. The molecule has 0 aliphatic rings. The van der Waals surface area contributed by atoms with Gasteiger partial charge in [-0.1, -0.05) is 0 Å². The molecule has 0 spiro atoms. The van der Waals surface area contributed by atoms with E-state index in [1.807, 2.05) is 0 Å². The maximum atomic E-state index is 13.3. The van der Waals surface area contributed by atoms with E-state index < -0.39 is 13.8 Å². The van der Waals surface area contributed by atoms with Crippen molar-refractivity contribution in [3.8, 4) is 0 Å². The van der Waals surface area contributed by atoms with Crippen LogP contribution >= 0.6 is 7.68 Å². The fraction of sp³-hybridized carbons (Fsp3) is 0.971. The van der Waals surface area contributed by atoms with Crippen LogP contribution in [0.5, 0.6) is 0 Å². The SMILES string of the molecule is CCOP(=O)(F)CCOCCOCCOCCOCCOCCOCCOCCOCCOCCOCCOCCOCCOCCOCCOCCNC(=O)O. The van der Waals surface area contributed by atoms with Gasteiger partial charge < -0.3 is 86.0 Å². The van der Waals surface area contributed by atoms with Crippen molar-refractivity contribution in [3.63, 3.8) is 0 Å². The summed E-state index contributed by atoms with van der Waals surface area (Å²) < 4.78 is 110. The Morgan fingerprint density at radius 3 is 0.789 bits per heavy atom. The summed E-state index contributed by atoms with van der Waals surface area (Å²) in [6.45, 7) is 14.7. The van der Waals surface area contributed by atoms with Gasteiger partial charge in [0.05, 0.1) is 211 Å². The molecule has 0 bridgehead atoms. The van der Waals surface area contributed by atoms with Gasteiger partial charge in [0.1, 0.15) is 0 Å². The number of amides is 1. The van der Waals surface area contributed by atoms with Gasteiger partial charge in [-0.25, -0.2) is 4.79 Å². The van der Waals surface area contributed by atoms with Crippen LogP contribution < -0.4 is 5.32 Å². The van der Waals surface area contributed by atoms with Crippen molar-refractivity contribution in [3.05, 3.63) is 0 Å². The highest BCUT2D eigenvalue weighted by atomic mass is 31.2. The van der Waals surface area contributed by atoms with Gasteiger partial charge in [-0.05, 0) is 6.92 Å². The minimum absolute atomic E-state index is 0.0174. The summed E-state index contributed by atoms with van der Waals surface area (Å²) in [5.74, 6) is 0. The fourth-order valence-electron chi connectivity index (χ4n) is 3.84. The highest BCUT2D eigenvalue weighted by Crippen LogP contribution is 2.47. The molecule has 0 heterocycles. The highest BCUT2D eigenvalue weighted by Gasteiger charge is 2.20. The van der Waals surface area contributed by atoms with Crippen LogP contribution in [0, 0.1) is 0 Å². The number of halogens is 1. The van der Waals surface area contributed by atoms with E-state index in [9.17, 15) is 13.6 Å². The maximum absolute atomic E-state index is 13.3. The number of rotatable bonds is 50. The van der Waals surface area contributed by atoms with Crippen molar-refractivity contribution in [2.75, 3.05) is 218 Å². The second kappa shape index (κ2) is 47.5. The first kappa shape index (κ1) is 55.8. The summed E-state index contributed by atoms with van der Waals surface area (Å²) >= 11 is 0. The van der Waals surface area contributed by atoms with Gasteiger partial charge in [0.25, 0.3) is 0 Å². The quantitative estimate of drug-likeness (QED) is 0.0658. The monoisotopic (exact) mass is 859 g/mol. The van der Waals surface area contributed by atoms with E-state index in [1.54, 1.807) is 6.92 Å². The van der Waals surface area contributed by atoms with Crippen LogP contribution in [-0.4, -0.2) is 229 Å². The molecule has 0 saturated carbocycles. The zero-order valence-electron chi connectivity index (χ0n) is 34.0. The van der Waals surface area contributed by atoms with Gasteiger partial charge in [-0.2, -0.15) is 4.20 Å². The molecule has 0 radical (unpaired) electrons. The Morgan fingerprint density at radius 1 is 0.404 bits per heavy atom. The minimum Gasteiger partial charge on any atom is -0.465 e. The molecular weight excluding hydrogens is 788 g/mol. The van der Waals surface area contributed by atoms with Crippen molar-refractivity contribution in [1.29, 1.82) is 0 Å². The summed E-state index contributed by atoms with van der Waals surface area (Å²) in [6.07, 6.45) is -1.33. The summed E-state index contributed by atoms with van der Waals surface area (Å²) in [5.41, 5.74) is 0. The van der Waals surface area contributed by atoms with Crippen molar-refractivity contribution >= 4 is 13.8 Å². The van der Waals surface area contributed by atoms with Crippen LogP contribution in [0.4, 0.5) is 8.99 Å². The van der Waals surface area contributed by atoms with Crippen molar-refractivity contribution in [2.45, 2.75) is 6.92 Å². The zero-order valence-corrected chi connectivity index (χ0v) is 34.8. The molecule has 0 aromatic rings. The molecule has 0 aliphatic carbocycles. The second-order valence-corrected chi connectivity index (χ2v) is 13.0. The van der Waals surface area contributed by atoms with Crippen molar-refractivity contribution < 1.29 is 94.2 Å². The molecular formula is C35H71FNO19P. The number of ether oxygens (including phenoxy) is 15. The van der Waals surface area contributed by atoms with E-state index in [-0.39, 0.29) is 32.5 Å². The average Bonchev–Trinajstić information content (AvgIpc) is 3.18. The standard InChI is InChI=1S/C35H71FNO19P/c1-2-56-57(36,40)34-33-55-32-31-54-30-29-53-28-27-52-26-25-51-24-23-50-22-21-49-20-19-48-18-17-47-16-15-46-14-13-45-12-11-44-10-9-43-8-7-42-6-5-41-4-3-37-35(38)39/h37H,2-34H2,1H3,(H,38,39). The second-order valence-electron chi connectivity index (χ2n) is 11.1. The van der Waals surface area contributed by atoms with E-state index in [0.717, 1.165) is 0 Å². The number of nitrogens with one attached hydrogen (secondary N) is 1. The molecule has 20 nitrogen and oxygen atoms in total. The lowest BCUT2D eigenvalue weighted by Crippen LogP contribution is -2.25. The smallest absolute Gasteiger partial charge is 0.404 e. The summed E-state index contributed by atoms with van der Waals surface area (Å²) in [6, 6.07) is 0. The van der Waals surface area contributed by atoms with Gasteiger partial charge in [-0.15, -0.1) is 0 Å². The molecule has 1 unspecified atom stereocenters. The van der Waals surface area contributed by atoms with Crippen LogP contribution in [0.25, 0.3) is 0 Å². The summed E-state index contributed by atoms with van der Waals surface area (Å²) in [4.78, 5) is 10.3. The normalized spacial score (nSPS) is 12.7. The maximum Gasteiger partial charge on any atom is 0.404 e. The lowest BCUT2D eigenvalue weighted by atomic mass is 10.6. The zero-order chi connectivity index (χ0) is 41.4. The van der Waals surface area contributed by atoms with Crippen LogP contribution in [0.1, 0.15) is 6.92 Å². The first-order chi connectivity index (χ1) is 28.0. The molecule has 0 saturated heterocycles. The van der Waals surface area contributed by atoms with Gasteiger partial charge in [-0.3, -0.25) is 4.57 Å². The number of carboxylic acid groups (broad SMARTS) is 1. The molecule has 0 aliphatic heterocycles. The lowest BCUT2D eigenvalue weighted by molar-refractivity contribution is -0.0299. The predicted octanol–water partition coefficient (Wildman–Crippen LogP) is 1.70. The van der Waals surface area contributed by atoms with Gasteiger partial charge in [0, 0.05) is 6.54 Å². The summed E-state index contributed by atoms with van der Waals surface area (Å²) in [5, 5.41) is 10.6. The molecule has 1 atom stereocenters. The summed E-state index contributed by atoms with van der Waals surface area (Å²) in [7, 11) is -4.04. The van der Waals surface area contributed by atoms with Gasteiger partial charge in [0.2, 0.25) is 0 Å². The Balaban J connectivity index is 3.09. The molecule has 0 rings (SSSR count). The van der Waals surface area contributed by atoms with E-state index >= 15 is 0 Å². The predicted molar refractivity (Wildman–Crippen MR) is 204 cm³/mol. The largest absolute Gasteiger partial charge is 0.465 e. The van der Waals surface area contributed by atoms with Crippen LogP contribution in [0.15, 0.2) is 0 Å². The van der Waals surface area contributed by atoms with Crippen LogP contribution in [-0.2, 0) is 80.1 Å². The van der Waals surface area contributed by atoms with E-state index in [0.29, 0.717) is 185 Å². The molecule has 57 heavy (non-hydrogen) atoms. The number of hydrogen-bond donors (Lipinski definition) is 2. The first-order valence-corrected chi connectivity index (χ1v) is 21.2. The van der Waals surface area contributed by atoms with Crippen LogP contribution in [0.3, 0.4) is 0 Å². The molecule has 22 heteroatoms. The Hall–Kier alpha value is -1.21. The molecule has 0 fully saturated rings. The van der Waals surface area contributed by atoms with E-state index in [1.165, 1.54) is 0 Å². The molecule has 1 amide bonds. The number of carbonyl (C=O) groups is 1. The average molecular weight is 860 g/mol. The van der Waals surface area contributed by atoms with E-state index in [2.05, 4.69) is 9.84 Å². The molecule has 0 aromatic carbocycles. The van der Waals surface area contributed by atoms with Crippen molar-refractivity contribution in [2.24, 2.45) is 0 Å². The van der Waals surface area contributed by atoms with E-state index in [4.69, 9.17) is 76.2 Å². The first-order valence-electron chi connectivity index (χ1n) is 19.5. The Kier molecular flexibility index (Phi) is 46.5. The highest BCUT2D eigenvalue weighted by molar-refractivity contribution is 7.53. The Bertz CT molecular complexity index is 860. The van der Waals surface area contributed by atoms with Gasteiger partial charge in [0.15, 0.2) is 0 Å². The lowest BCUT2D eigenvalue weighted by Gasteiger charge is -2.09. The third kappa shape index (κ3) is 50.9. The third-order valence-corrected chi connectivity index (χ3v) is 7.92. The minimum atomic E-state index is -4.04. The fourth-order valence-corrected chi connectivity index (χ4v) is 4.70. The number of hydrogen-bond acceptors (Lipinski definition) is 18. The Labute approximate surface area is 337 Å². The van der Waals surface area contributed by atoms with Crippen LogP contribution in [0.2, 0.25) is 0 Å². The van der Waals surface area contributed by atoms with Gasteiger partial charge >= 0.3 is 13.8 Å². The molecule has 2 N–H and O–H groups in total.